The number of pyridine rings is 1. The first-order chi connectivity index (χ1) is 39.7. The molecule has 0 radical (unpaired) electrons. The van der Waals surface area contributed by atoms with Crippen LogP contribution in [0.2, 0.25) is 0 Å². The number of nitrogens with one attached hydrogen (secondary N) is 1. The number of fused-ring (bicyclic) bond motifs is 6. The van der Waals surface area contributed by atoms with E-state index in [0.717, 1.165) is 45.9 Å². The third kappa shape index (κ3) is 14.8. The molecule has 27 nitrogen and oxygen atoms in total. The van der Waals surface area contributed by atoms with Gasteiger partial charge in [0.2, 0.25) is 20.7 Å². The van der Waals surface area contributed by atoms with Gasteiger partial charge in [0.05, 0.1) is 32.2 Å². The lowest BCUT2D eigenvalue weighted by Crippen LogP contribution is -2.28. The van der Waals surface area contributed by atoms with Crippen molar-refractivity contribution in [1.29, 1.82) is 0 Å². The van der Waals surface area contributed by atoms with E-state index in [1.807, 2.05) is 39.0 Å². The normalized spacial score (nSPS) is 16.0. The Hall–Kier alpha value is -7.09. The Balaban J connectivity index is 0.00000256. The number of anilines is 1. The molecule has 0 aliphatic carbocycles. The highest BCUT2D eigenvalue weighted by Crippen LogP contribution is 2.52. The average molecular weight is 1320 g/mol. The number of primary sulfonamides is 1. The van der Waals surface area contributed by atoms with Gasteiger partial charge in [0.25, 0.3) is 56.4 Å². The molecule has 2 aliphatic heterocycles. The summed E-state index contributed by atoms with van der Waals surface area (Å²) in [5, 5.41) is 12.8. The van der Waals surface area contributed by atoms with Gasteiger partial charge in [-0.05, 0) is 103 Å². The molecule has 8 rings (SSSR count). The van der Waals surface area contributed by atoms with Crippen molar-refractivity contribution >= 4 is 128 Å². The number of rotatable bonds is 19. The largest absolute Gasteiger partial charge is 0.425 e. The van der Waals surface area contributed by atoms with Crippen molar-refractivity contribution in [3.63, 3.8) is 0 Å². The SMILES string of the molecule is CCCC[N+]1=C(/C=C/C(=C/C=C2/N(CCCS(=O)(=O)O)c3ccc4c(S(=O)(=O)O)cc(S(=O)(=O)O)cc4c3C2(C)C)c2ccc(C(=O)NCCC(=O)N=c3sc(S(N)(=O)=O)nn3C)cn2)C(C)(C)c2c1ccc1ccc(S(=O)(=O)O)cc21.O=S(=O)=O. The van der Waals surface area contributed by atoms with Gasteiger partial charge in [-0.1, -0.05) is 56.7 Å². The zero-order valence-electron chi connectivity index (χ0n) is 46.4. The molecule has 0 unspecified atom stereocenters. The molecular weight excluding hydrogens is 1270 g/mol. The lowest BCUT2D eigenvalue weighted by atomic mass is 9.79. The van der Waals surface area contributed by atoms with Gasteiger partial charge in [-0.3, -0.25) is 32.8 Å². The van der Waals surface area contributed by atoms with Crippen LogP contribution < -0.4 is 20.2 Å². The summed E-state index contributed by atoms with van der Waals surface area (Å²) in [6.45, 7) is 9.78. The second-order valence-electron chi connectivity index (χ2n) is 20.6. The maximum absolute atomic E-state index is 13.5. The number of hydrogen-bond acceptors (Lipinski definition) is 19. The Morgan fingerprint density at radius 3 is 2.03 bits per heavy atom. The molecule has 0 spiro atoms. The van der Waals surface area contributed by atoms with Crippen LogP contribution in [0.3, 0.4) is 0 Å². The van der Waals surface area contributed by atoms with Gasteiger partial charge in [-0.25, -0.2) is 18.2 Å². The average Bonchev–Trinajstić information content (AvgIpc) is 1.55. The number of sulfonamides is 1. The minimum atomic E-state index is -5.10. The summed E-state index contributed by atoms with van der Waals surface area (Å²) < 4.78 is 192. The summed E-state index contributed by atoms with van der Waals surface area (Å²) in [4.78, 5) is 34.5. The van der Waals surface area contributed by atoms with E-state index in [4.69, 9.17) is 17.8 Å². The van der Waals surface area contributed by atoms with E-state index in [2.05, 4.69) is 25.0 Å². The van der Waals surface area contributed by atoms with Crippen LogP contribution in [-0.4, -0.2) is 135 Å². The van der Waals surface area contributed by atoms with E-state index in [1.54, 1.807) is 49.1 Å². The van der Waals surface area contributed by atoms with Gasteiger partial charge in [0, 0.05) is 84.6 Å². The molecule has 34 heteroatoms. The summed E-state index contributed by atoms with van der Waals surface area (Å²) in [7, 11) is -25.1. The first kappa shape index (κ1) is 66.4. The van der Waals surface area contributed by atoms with Crippen molar-refractivity contribution in [2.24, 2.45) is 17.2 Å². The van der Waals surface area contributed by atoms with Crippen molar-refractivity contribution in [1.82, 2.24) is 20.1 Å². The number of unbranched alkanes of at least 4 members (excludes halogenated alkanes) is 1. The Morgan fingerprint density at radius 1 is 0.802 bits per heavy atom. The van der Waals surface area contributed by atoms with Crippen LogP contribution in [0.4, 0.5) is 11.4 Å². The standard InChI is InChI=1S/C52H56N8O16S6.O3S/c1-7-8-24-59-40-18-12-31-10-15-34(80(68,69)70)27-37(31)46(40)51(2,3)43(59)20-13-32(39-17-11-33(30-55-39)48(62)54-23-22-45(61)56-49-58(6)57-50(77-49)79(53,66)67)14-21-44-52(4,5)47-38-28-35(81(71,72)73)29-42(82(74,75)76)36(38)16-19-41(47)60(44)25-9-26-78(63,64)65;1-4(2)3/h10-21,27-30H,7-9,22-26H2,1-6H3,(H6-,53,54,62,63,64,65,66,67,68,69,70,71,72,73,74,75,76);/p+1. The molecule has 460 valence electrons. The quantitative estimate of drug-likeness (QED) is 0.0367. The van der Waals surface area contributed by atoms with Crippen LogP contribution in [0.5, 0.6) is 0 Å². The molecule has 2 aromatic heterocycles. The predicted molar refractivity (Wildman–Crippen MR) is 316 cm³/mol. The van der Waals surface area contributed by atoms with Crippen LogP contribution in [0.25, 0.3) is 27.1 Å². The van der Waals surface area contributed by atoms with Gasteiger partial charge in [-0.2, -0.15) is 43.2 Å². The molecule has 0 saturated carbocycles. The lowest BCUT2D eigenvalue weighted by molar-refractivity contribution is -0.438. The second kappa shape index (κ2) is 24.9. The topological polar surface area (TPSA) is 424 Å². The maximum atomic E-state index is 13.5. The number of aryl methyl sites for hydroxylation is 1. The van der Waals surface area contributed by atoms with E-state index >= 15 is 0 Å². The summed E-state index contributed by atoms with van der Waals surface area (Å²) in [5.41, 5.74) is 2.29. The molecule has 0 fully saturated rings. The van der Waals surface area contributed by atoms with Crippen LogP contribution in [0, 0.1) is 0 Å². The predicted octanol–water partition coefficient (Wildman–Crippen LogP) is 4.59. The fourth-order valence-corrected chi connectivity index (χ4v) is 14.2. The van der Waals surface area contributed by atoms with Gasteiger partial charge < -0.3 is 10.2 Å². The summed E-state index contributed by atoms with van der Waals surface area (Å²) >= 11 is 0.591. The van der Waals surface area contributed by atoms with Gasteiger partial charge in [0.15, 0.2) is 5.71 Å². The third-order valence-corrected chi connectivity index (χ3v) is 19.7. The molecule has 0 saturated heterocycles. The zero-order valence-corrected chi connectivity index (χ0v) is 52.1. The van der Waals surface area contributed by atoms with Crippen LogP contribution in [-0.2, 0) is 83.8 Å². The number of hydrogen-bond donors (Lipinski definition) is 6. The molecule has 7 N–H and O–H groups in total. The molecule has 0 bridgehead atoms. The summed E-state index contributed by atoms with van der Waals surface area (Å²) in [6.07, 6.45) is 9.50. The Kier molecular flexibility index (Phi) is 19.3. The Bertz CT molecular complexity index is 4720. The molecule has 0 atom stereocenters. The highest BCUT2D eigenvalue weighted by atomic mass is 32.3. The second-order valence-corrected chi connectivity index (χ2v) is 29.6. The number of allylic oxidation sites excluding steroid dienone is 6. The number of nitrogens with zero attached hydrogens (tertiary/aromatic N) is 6. The molecule has 6 aromatic rings. The monoisotopic (exact) mass is 1320 g/mol. The van der Waals surface area contributed by atoms with Crippen molar-refractivity contribution in [3.8, 4) is 0 Å². The maximum Gasteiger partial charge on any atom is 0.425 e. The van der Waals surface area contributed by atoms with Crippen molar-refractivity contribution < 1.29 is 87.1 Å². The van der Waals surface area contributed by atoms with Crippen molar-refractivity contribution in [2.75, 3.05) is 30.3 Å². The molecule has 4 aromatic carbocycles. The van der Waals surface area contributed by atoms with Crippen LogP contribution in [0.15, 0.2) is 127 Å². The number of nitrogens with two attached hydrogens (primary N) is 1. The highest BCUT2D eigenvalue weighted by molar-refractivity contribution is 7.91. The number of aromatic nitrogens is 3. The number of benzene rings is 4. The first-order valence-electron chi connectivity index (χ1n) is 25.5. The molecule has 2 amide bonds. The lowest BCUT2D eigenvalue weighted by Gasteiger charge is -2.27. The van der Waals surface area contributed by atoms with E-state index < -0.39 is 104 Å². The fourth-order valence-electron chi connectivity index (χ4n) is 10.3. The Morgan fingerprint density at radius 2 is 1.45 bits per heavy atom. The van der Waals surface area contributed by atoms with Crippen LogP contribution >= 0.6 is 11.3 Å². The first-order valence-corrected chi connectivity index (χ1v) is 34.8. The van der Waals surface area contributed by atoms with Crippen molar-refractivity contribution in [3.05, 3.63) is 130 Å². The highest BCUT2D eigenvalue weighted by Gasteiger charge is 2.46. The number of carbonyl (C=O) groups is 2. The molecular formula is C52H57N8O19S7+. The molecule has 2 aliphatic rings. The van der Waals surface area contributed by atoms with Gasteiger partial charge in [0.1, 0.15) is 11.4 Å². The minimum Gasteiger partial charge on any atom is -0.351 e. The van der Waals surface area contributed by atoms with E-state index in [9.17, 15) is 69.9 Å². The number of carbonyl (C=O) groups excluding carboxylic acids is 2. The summed E-state index contributed by atoms with van der Waals surface area (Å²) in [6, 6.07) is 15.8. The smallest absolute Gasteiger partial charge is 0.351 e. The number of amides is 2. The van der Waals surface area contributed by atoms with Crippen LogP contribution in [0.1, 0.15) is 87.5 Å². The Labute approximate surface area is 500 Å². The zero-order chi connectivity index (χ0) is 63.9. The van der Waals surface area contributed by atoms with E-state index in [0.29, 0.717) is 57.5 Å². The minimum absolute atomic E-state index is 0.0160. The third-order valence-electron chi connectivity index (χ3n) is 14.0. The van der Waals surface area contributed by atoms with Crippen molar-refractivity contribution in [2.45, 2.75) is 90.2 Å². The summed E-state index contributed by atoms with van der Waals surface area (Å²) in [5.74, 6) is -1.96. The van der Waals surface area contributed by atoms with E-state index in [-0.39, 0.29) is 52.0 Å². The van der Waals surface area contributed by atoms with E-state index in [1.165, 1.54) is 43.6 Å². The fraction of sp³-hybridized carbons (Fsp3) is 0.308. The molecule has 4 heterocycles. The van der Waals surface area contributed by atoms with Gasteiger partial charge >= 0.3 is 10.6 Å². The molecule has 86 heavy (non-hydrogen) atoms. The van der Waals surface area contributed by atoms with Gasteiger partial charge in [-0.15, -0.1) is 17.7 Å².